The lowest BCUT2D eigenvalue weighted by molar-refractivity contribution is 0.998. The highest BCUT2D eigenvalue weighted by Crippen LogP contribution is 2.18. The Kier molecular flexibility index (Phi) is 3.48. The van der Waals surface area contributed by atoms with Crippen LogP contribution in [0.5, 0.6) is 0 Å². The Hall–Kier alpha value is -0.830. The standard InChI is InChI=1S/C10H16N2S/c1-8(2)5-6-12(4)10-11-9(3)7-13-10/h5,7H,6H2,1-4H3. The average Bonchev–Trinajstić information content (AvgIpc) is 2.47. The van der Waals surface area contributed by atoms with Gasteiger partial charge in [-0.15, -0.1) is 11.3 Å². The first-order valence-corrected chi connectivity index (χ1v) is 5.24. The minimum atomic E-state index is 0.940. The number of hydrogen-bond donors (Lipinski definition) is 0. The molecule has 0 N–H and O–H groups in total. The molecule has 0 saturated carbocycles. The third-order valence-corrected chi connectivity index (χ3v) is 2.78. The summed E-state index contributed by atoms with van der Waals surface area (Å²) in [6, 6.07) is 0. The van der Waals surface area contributed by atoms with E-state index in [-0.39, 0.29) is 0 Å². The molecule has 0 fully saturated rings. The summed E-state index contributed by atoms with van der Waals surface area (Å²) in [6.07, 6.45) is 2.21. The monoisotopic (exact) mass is 196 g/mol. The molecule has 13 heavy (non-hydrogen) atoms. The van der Waals surface area contributed by atoms with Gasteiger partial charge in [0.2, 0.25) is 0 Å². The fourth-order valence-electron chi connectivity index (χ4n) is 0.914. The smallest absolute Gasteiger partial charge is 0.185 e. The first kappa shape index (κ1) is 10.3. The van der Waals surface area contributed by atoms with Gasteiger partial charge in [-0.25, -0.2) is 4.98 Å². The summed E-state index contributed by atoms with van der Waals surface area (Å²) >= 11 is 1.69. The Balaban J connectivity index is 2.58. The van der Waals surface area contributed by atoms with E-state index in [9.17, 15) is 0 Å². The zero-order valence-electron chi connectivity index (χ0n) is 8.66. The number of aryl methyl sites for hydroxylation is 1. The van der Waals surface area contributed by atoms with Gasteiger partial charge in [0.25, 0.3) is 0 Å². The second-order valence-corrected chi connectivity index (χ2v) is 4.27. The van der Waals surface area contributed by atoms with Crippen LogP contribution in [-0.2, 0) is 0 Å². The lowest BCUT2D eigenvalue weighted by atomic mass is 10.3. The van der Waals surface area contributed by atoms with Crippen LogP contribution in [0.3, 0.4) is 0 Å². The number of allylic oxidation sites excluding steroid dienone is 1. The predicted octanol–water partition coefficient (Wildman–Crippen LogP) is 2.85. The molecule has 0 atom stereocenters. The molecular formula is C10H16N2S. The van der Waals surface area contributed by atoms with E-state index in [1.54, 1.807) is 11.3 Å². The molecule has 72 valence electrons. The molecule has 0 aliphatic carbocycles. The Bertz CT molecular complexity index is 298. The zero-order valence-corrected chi connectivity index (χ0v) is 9.48. The van der Waals surface area contributed by atoms with Crippen molar-refractivity contribution in [1.29, 1.82) is 0 Å². The van der Waals surface area contributed by atoms with Gasteiger partial charge in [0.15, 0.2) is 5.13 Å². The van der Waals surface area contributed by atoms with Gasteiger partial charge >= 0.3 is 0 Å². The SMILES string of the molecule is CC(C)=CCN(C)c1nc(C)cs1. The van der Waals surface area contributed by atoms with Crippen molar-refractivity contribution in [1.82, 2.24) is 4.98 Å². The van der Waals surface area contributed by atoms with Crippen LogP contribution in [0.4, 0.5) is 5.13 Å². The third-order valence-electron chi connectivity index (χ3n) is 1.71. The topological polar surface area (TPSA) is 16.1 Å². The first-order chi connectivity index (χ1) is 6.09. The molecule has 1 aromatic heterocycles. The van der Waals surface area contributed by atoms with Crippen molar-refractivity contribution in [3.05, 3.63) is 22.7 Å². The number of hydrogen-bond acceptors (Lipinski definition) is 3. The van der Waals surface area contributed by atoms with Gasteiger partial charge in [0.1, 0.15) is 0 Å². The highest BCUT2D eigenvalue weighted by molar-refractivity contribution is 7.13. The summed E-state index contributed by atoms with van der Waals surface area (Å²) in [5, 5.41) is 3.17. The van der Waals surface area contributed by atoms with Gasteiger partial charge in [0, 0.05) is 19.0 Å². The summed E-state index contributed by atoms with van der Waals surface area (Å²) in [5.41, 5.74) is 2.45. The number of anilines is 1. The van der Waals surface area contributed by atoms with Crippen LogP contribution in [0.15, 0.2) is 17.0 Å². The van der Waals surface area contributed by atoms with Gasteiger partial charge in [-0.2, -0.15) is 0 Å². The zero-order chi connectivity index (χ0) is 9.84. The second kappa shape index (κ2) is 4.42. The molecule has 2 nitrogen and oxygen atoms in total. The van der Waals surface area contributed by atoms with Crippen molar-refractivity contribution in [3.63, 3.8) is 0 Å². The maximum atomic E-state index is 4.40. The van der Waals surface area contributed by atoms with Crippen LogP contribution in [0.1, 0.15) is 19.5 Å². The predicted molar refractivity (Wildman–Crippen MR) is 59.6 cm³/mol. The molecule has 0 unspecified atom stereocenters. The largest absolute Gasteiger partial charge is 0.347 e. The van der Waals surface area contributed by atoms with Crippen LogP contribution in [-0.4, -0.2) is 18.6 Å². The van der Waals surface area contributed by atoms with Crippen molar-refractivity contribution in [2.24, 2.45) is 0 Å². The molecule has 0 aliphatic rings. The summed E-state index contributed by atoms with van der Waals surface area (Å²) in [5.74, 6) is 0. The molecule has 1 aromatic rings. The van der Waals surface area contributed by atoms with Crippen LogP contribution >= 0.6 is 11.3 Å². The Morgan fingerprint density at radius 1 is 1.62 bits per heavy atom. The fraction of sp³-hybridized carbons (Fsp3) is 0.500. The van der Waals surface area contributed by atoms with Gasteiger partial charge in [-0.3, -0.25) is 0 Å². The van der Waals surface area contributed by atoms with Crippen LogP contribution in [0.25, 0.3) is 0 Å². The molecule has 0 bridgehead atoms. The normalized spacial score (nSPS) is 9.85. The summed E-state index contributed by atoms with van der Waals surface area (Å²) in [4.78, 5) is 6.56. The van der Waals surface area contributed by atoms with E-state index in [4.69, 9.17) is 0 Å². The maximum absolute atomic E-state index is 4.40. The fourth-order valence-corrected chi connectivity index (χ4v) is 1.69. The van der Waals surface area contributed by atoms with Crippen molar-refractivity contribution in [2.75, 3.05) is 18.5 Å². The molecule has 0 aromatic carbocycles. The molecular weight excluding hydrogens is 180 g/mol. The van der Waals surface area contributed by atoms with E-state index >= 15 is 0 Å². The van der Waals surface area contributed by atoms with Gasteiger partial charge < -0.3 is 4.90 Å². The van der Waals surface area contributed by atoms with E-state index in [2.05, 4.69) is 42.2 Å². The number of rotatable bonds is 3. The quantitative estimate of drug-likeness (QED) is 0.691. The first-order valence-electron chi connectivity index (χ1n) is 4.36. The van der Waals surface area contributed by atoms with Gasteiger partial charge in [0.05, 0.1) is 5.69 Å². The molecule has 0 radical (unpaired) electrons. The Morgan fingerprint density at radius 2 is 2.31 bits per heavy atom. The molecule has 0 amide bonds. The summed E-state index contributed by atoms with van der Waals surface area (Å²) < 4.78 is 0. The molecule has 1 rings (SSSR count). The molecule has 0 aliphatic heterocycles. The van der Waals surface area contributed by atoms with E-state index in [0.29, 0.717) is 0 Å². The molecule has 3 heteroatoms. The van der Waals surface area contributed by atoms with E-state index in [1.165, 1.54) is 5.57 Å². The van der Waals surface area contributed by atoms with E-state index < -0.39 is 0 Å². The van der Waals surface area contributed by atoms with E-state index in [1.807, 2.05) is 6.92 Å². The number of nitrogens with zero attached hydrogens (tertiary/aromatic N) is 2. The summed E-state index contributed by atoms with van der Waals surface area (Å²) in [6.45, 7) is 7.19. The Morgan fingerprint density at radius 3 is 2.77 bits per heavy atom. The summed E-state index contributed by atoms with van der Waals surface area (Å²) in [7, 11) is 2.07. The van der Waals surface area contributed by atoms with Crippen molar-refractivity contribution in [2.45, 2.75) is 20.8 Å². The van der Waals surface area contributed by atoms with E-state index in [0.717, 1.165) is 17.4 Å². The maximum Gasteiger partial charge on any atom is 0.185 e. The molecule has 1 heterocycles. The highest BCUT2D eigenvalue weighted by Gasteiger charge is 2.02. The second-order valence-electron chi connectivity index (χ2n) is 3.43. The van der Waals surface area contributed by atoms with Crippen molar-refractivity contribution >= 4 is 16.5 Å². The molecule has 0 spiro atoms. The minimum absolute atomic E-state index is 0.940. The number of likely N-dealkylation sites (N-methyl/N-ethyl adjacent to an activating group) is 1. The number of thiazole rings is 1. The van der Waals surface area contributed by atoms with Crippen molar-refractivity contribution in [3.8, 4) is 0 Å². The van der Waals surface area contributed by atoms with Crippen LogP contribution in [0, 0.1) is 6.92 Å². The average molecular weight is 196 g/mol. The lowest BCUT2D eigenvalue weighted by Gasteiger charge is -2.12. The number of aromatic nitrogens is 1. The van der Waals surface area contributed by atoms with Crippen LogP contribution < -0.4 is 4.90 Å². The van der Waals surface area contributed by atoms with Crippen molar-refractivity contribution < 1.29 is 0 Å². The van der Waals surface area contributed by atoms with Gasteiger partial charge in [-0.1, -0.05) is 11.6 Å². The van der Waals surface area contributed by atoms with Crippen LogP contribution in [0.2, 0.25) is 0 Å². The Labute approximate surface area is 83.9 Å². The third kappa shape index (κ3) is 3.19. The minimum Gasteiger partial charge on any atom is -0.347 e. The van der Waals surface area contributed by atoms with Gasteiger partial charge in [-0.05, 0) is 20.8 Å². The highest BCUT2D eigenvalue weighted by atomic mass is 32.1. The lowest BCUT2D eigenvalue weighted by Crippen LogP contribution is -2.16. The molecule has 0 saturated heterocycles.